The van der Waals surface area contributed by atoms with Gasteiger partial charge in [-0.2, -0.15) is 0 Å². The predicted molar refractivity (Wildman–Crippen MR) is 166 cm³/mol. The second-order valence-electron chi connectivity index (χ2n) is 10.4. The normalized spacial score (nSPS) is 11.4. The van der Waals surface area contributed by atoms with E-state index < -0.39 is 0 Å². The maximum atomic E-state index is 15.0. The first-order chi connectivity index (χ1) is 19.4. The van der Waals surface area contributed by atoms with Crippen LogP contribution < -0.4 is 5.32 Å². The van der Waals surface area contributed by atoms with Crippen molar-refractivity contribution in [1.82, 2.24) is 5.32 Å². The minimum Gasteiger partial charge on any atom is -0.396 e. The number of aryl methyl sites for hydroxylation is 2. The van der Waals surface area contributed by atoms with E-state index in [1.54, 1.807) is 6.07 Å². The van der Waals surface area contributed by atoms with Crippen LogP contribution >= 0.6 is 0 Å². The molecule has 3 nitrogen and oxygen atoms in total. The van der Waals surface area contributed by atoms with Gasteiger partial charge >= 0.3 is 0 Å². The molecule has 0 amide bonds. The summed E-state index contributed by atoms with van der Waals surface area (Å²) in [6, 6.07) is 24.3. The van der Waals surface area contributed by atoms with Gasteiger partial charge in [-0.1, -0.05) is 72.8 Å². The van der Waals surface area contributed by atoms with Gasteiger partial charge in [0.2, 0.25) is 0 Å². The fourth-order valence-electron chi connectivity index (χ4n) is 5.19. The van der Waals surface area contributed by atoms with Gasteiger partial charge in [0.05, 0.1) is 6.61 Å². The van der Waals surface area contributed by atoms with Gasteiger partial charge in [0.25, 0.3) is 0 Å². The number of hydrogen-bond donors (Lipinski definition) is 3. The Morgan fingerprint density at radius 1 is 0.675 bits per heavy atom. The first-order valence-electron chi connectivity index (χ1n) is 14.1. The van der Waals surface area contributed by atoms with Gasteiger partial charge in [0.1, 0.15) is 5.82 Å². The third kappa shape index (κ3) is 7.14. The van der Waals surface area contributed by atoms with E-state index in [2.05, 4.69) is 80.7 Å². The molecule has 4 aromatic carbocycles. The average Bonchev–Trinajstić information content (AvgIpc) is 2.95. The summed E-state index contributed by atoms with van der Waals surface area (Å²) in [5, 5.41) is 21.3. The smallest absolute Gasteiger partial charge is 0.131 e. The molecule has 3 N–H and O–H groups in total. The second-order valence-corrected chi connectivity index (χ2v) is 10.4. The first-order valence-corrected chi connectivity index (χ1v) is 14.1. The van der Waals surface area contributed by atoms with E-state index in [0.717, 1.165) is 52.6 Å². The van der Waals surface area contributed by atoms with E-state index in [9.17, 15) is 0 Å². The van der Waals surface area contributed by atoms with Crippen molar-refractivity contribution in [1.29, 1.82) is 0 Å². The Labute approximate surface area is 238 Å². The molecule has 0 aromatic heterocycles. The number of nitrogens with one attached hydrogen (secondary N) is 1. The summed E-state index contributed by atoms with van der Waals surface area (Å²) in [6.45, 7) is 7.72. The number of unbranched alkanes of at least 4 members (excludes halogenated alkanes) is 1. The monoisotopic (exact) mass is 537 g/mol. The van der Waals surface area contributed by atoms with E-state index in [0.29, 0.717) is 18.7 Å². The third-order valence-corrected chi connectivity index (χ3v) is 7.60. The van der Waals surface area contributed by atoms with E-state index in [4.69, 9.17) is 10.2 Å². The van der Waals surface area contributed by atoms with Crippen LogP contribution in [0.1, 0.15) is 51.8 Å². The van der Waals surface area contributed by atoms with Crippen LogP contribution in [0.4, 0.5) is 4.39 Å². The molecule has 0 aliphatic heterocycles. The van der Waals surface area contributed by atoms with E-state index >= 15 is 4.39 Å². The highest BCUT2D eigenvalue weighted by Crippen LogP contribution is 2.36. The fraction of sp³-hybridized carbons (Fsp3) is 0.278. The second kappa shape index (κ2) is 14.2. The number of halogens is 1. The van der Waals surface area contributed by atoms with Gasteiger partial charge in [0.15, 0.2) is 0 Å². The highest BCUT2D eigenvalue weighted by molar-refractivity contribution is 5.83. The fourth-order valence-corrected chi connectivity index (χ4v) is 5.19. The SMILES string of the molecule is Cc1ccc(CCCCO)cc1/C=C/c1cccc(-c2cccc(-c3cc(CNCCO)ccc3F)c2C)c1C. The Balaban J connectivity index is 1.65. The summed E-state index contributed by atoms with van der Waals surface area (Å²) in [6.07, 6.45) is 7.14. The van der Waals surface area contributed by atoms with Crippen LogP contribution in [-0.4, -0.2) is 30.0 Å². The molecule has 4 rings (SSSR count). The highest BCUT2D eigenvalue weighted by Gasteiger charge is 2.14. The molecule has 0 bridgehead atoms. The maximum Gasteiger partial charge on any atom is 0.131 e. The zero-order valence-electron chi connectivity index (χ0n) is 23.8. The Hall–Kier alpha value is -3.57. The number of aliphatic hydroxyl groups excluding tert-OH is 2. The van der Waals surface area contributed by atoms with Crippen molar-refractivity contribution in [3.05, 3.63) is 118 Å². The molecular weight excluding hydrogens is 497 g/mol. The zero-order valence-corrected chi connectivity index (χ0v) is 23.8. The van der Waals surface area contributed by atoms with Crippen molar-refractivity contribution in [2.45, 2.75) is 46.6 Å². The minimum atomic E-state index is -0.242. The lowest BCUT2D eigenvalue weighted by Crippen LogP contribution is -2.17. The van der Waals surface area contributed by atoms with E-state index in [-0.39, 0.29) is 19.0 Å². The van der Waals surface area contributed by atoms with Gasteiger partial charge in [-0.25, -0.2) is 4.39 Å². The third-order valence-electron chi connectivity index (χ3n) is 7.60. The molecule has 40 heavy (non-hydrogen) atoms. The Morgan fingerprint density at radius 3 is 2.10 bits per heavy atom. The lowest BCUT2D eigenvalue weighted by molar-refractivity contribution is 0.284. The van der Waals surface area contributed by atoms with Gasteiger partial charge in [-0.05, 0) is 108 Å². The van der Waals surface area contributed by atoms with Crippen LogP contribution in [0.25, 0.3) is 34.4 Å². The van der Waals surface area contributed by atoms with Crippen LogP contribution in [-0.2, 0) is 13.0 Å². The topological polar surface area (TPSA) is 52.5 Å². The molecule has 0 saturated heterocycles. The quantitative estimate of drug-likeness (QED) is 0.128. The van der Waals surface area contributed by atoms with Crippen molar-refractivity contribution in [3.8, 4) is 22.3 Å². The molecule has 0 aliphatic carbocycles. The van der Waals surface area contributed by atoms with Gasteiger partial charge in [0, 0.05) is 25.3 Å². The summed E-state index contributed by atoms with van der Waals surface area (Å²) >= 11 is 0. The Bertz CT molecular complexity index is 1470. The number of rotatable bonds is 12. The molecule has 4 heteroatoms. The molecule has 4 aromatic rings. The zero-order chi connectivity index (χ0) is 28.5. The molecule has 0 heterocycles. The lowest BCUT2D eigenvalue weighted by atomic mass is 9.89. The number of aliphatic hydroxyl groups is 2. The standard InChI is InChI=1S/C36H40FNO2/c1-25-13-14-28(8-4-5-20-39)22-31(25)17-16-30-9-6-10-32(26(30)2)33-11-7-12-34(27(33)3)35-23-29(15-18-36(35)37)24-38-19-21-40/h6-7,9-18,22-23,38-40H,4-5,8,19-21,24H2,1-3H3/b17-16+. The summed E-state index contributed by atoms with van der Waals surface area (Å²) in [4.78, 5) is 0. The molecule has 0 radical (unpaired) electrons. The molecule has 0 atom stereocenters. The van der Waals surface area contributed by atoms with E-state index in [1.165, 1.54) is 28.3 Å². The maximum absolute atomic E-state index is 15.0. The summed E-state index contributed by atoms with van der Waals surface area (Å²) < 4.78 is 15.0. The number of benzene rings is 4. The average molecular weight is 538 g/mol. The van der Waals surface area contributed by atoms with Gasteiger partial charge < -0.3 is 15.5 Å². The summed E-state index contributed by atoms with van der Waals surface area (Å²) in [5.74, 6) is -0.242. The van der Waals surface area contributed by atoms with Crippen molar-refractivity contribution >= 4 is 12.2 Å². The van der Waals surface area contributed by atoms with Crippen molar-refractivity contribution < 1.29 is 14.6 Å². The van der Waals surface area contributed by atoms with Crippen molar-refractivity contribution in [2.75, 3.05) is 19.8 Å². The Morgan fingerprint density at radius 2 is 1.35 bits per heavy atom. The molecule has 0 spiro atoms. The van der Waals surface area contributed by atoms with Crippen LogP contribution in [0.5, 0.6) is 0 Å². The van der Waals surface area contributed by atoms with Crippen LogP contribution in [0.15, 0.2) is 72.8 Å². The summed E-state index contributed by atoms with van der Waals surface area (Å²) in [7, 11) is 0. The van der Waals surface area contributed by atoms with Crippen molar-refractivity contribution in [3.63, 3.8) is 0 Å². The van der Waals surface area contributed by atoms with Gasteiger partial charge in [-0.3, -0.25) is 0 Å². The molecule has 0 saturated carbocycles. The largest absolute Gasteiger partial charge is 0.396 e. The molecule has 0 fully saturated rings. The molecule has 0 aliphatic rings. The molecule has 0 unspecified atom stereocenters. The van der Waals surface area contributed by atoms with Gasteiger partial charge in [-0.15, -0.1) is 0 Å². The lowest BCUT2D eigenvalue weighted by Gasteiger charge is -2.16. The molecular formula is C36H40FNO2. The highest BCUT2D eigenvalue weighted by atomic mass is 19.1. The molecule has 208 valence electrons. The minimum absolute atomic E-state index is 0.0697. The van der Waals surface area contributed by atoms with Crippen LogP contribution in [0.2, 0.25) is 0 Å². The first kappa shape index (κ1) is 29.4. The van der Waals surface area contributed by atoms with E-state index in [1.807, 2.05) is 18.2 Å². The predicted octanol–water partition coefficient (Wildman–Crippen LogP) is 7.65. The number of hydrogen-bond acceptors (Lipinski definition) is 3. The summed E-state index contributed by atoms with van der Waals surface area (Å²) in [5.41, 5.74) is 11.8. The van der Waals surface area contributed by atoms with Crippen LogP contribution in [0.3, 0.4) is 0 Å². The van der Waals surface area contributed by atoms with Crippen molar-refractivity contribution in [2.24, 2.45) is 0 Å². The Kier molecular flexibility index (Phi) is 10.4. The van der Waals surface area contributed by atoms with Crippen LogP contribution in [0, 0.1) is 26.6 Å².